The molecule has 1 N–H and O–H groups in total. The monoisotopic (exact) mass is 258 g/mol. The third kappa shape index (κ3) is 2.61. The average Bonchev–Trinajstić information content (AvgIpc) is 3.01. The second-order valence-electron chi connectivity index (χ2n) is 5.14. The topological polar surface area (TPSA) is 54.2 Å². The van der Waals surface area contributed by atoms with E-state index in [2.05, 4.69) is 21.2 Å². The average molecular weight is 258 g/mol. The van der Waals surface area contributed by atoms with Gasteiger partial charge in [0, 0.05) is 38.4 Å². The molecule has 1 atom stereocenters. The zero-order chi connectivity index (χ0) is 13.2. The van der Waals surface area contributed by atoms with E-state index in [0.29, 0.717) is 12.5 Å². The number of pyridine rings is 1. The number of aromatic hydroxyl groups is 1. The molecule has 0 spiro atoms. The Kier molecular flexibility index (Phi) is 3.21. The van der Waals surface area contributed by atoms with E-state index in [1.165, 1.54) is 5.56 Å². The van der Waals surface area contributed by atoms with E-state index in [9.17, 15) is 5.11 Å². The fourth-order valence-electron chi connectivity index (χ4n) is 2.66. The molecule has 1 aliphatic rings. The number of likely N-dealkylation sites (tertiary alicyclic amines) is 1. The largest absolute Gasteiger partial charge is 0.506 e. The Morgan fingerprint density at radius 3 is 3.11 bits per heavy atom. The minimum absolute atomic E-state index is 0.285. The molecule has 0 bridgehead atoms. The van der Waals surface area contributed by atoms with Crippen molar-refractivity contribution < 1.29 is 5.11 Å². The molecule has 0 radical (unpaired) electrons. The van der Waals surface area contributed by atoms with Gasteiger partial charge < -0.3 is 5.11 Å². The molecule has 0 aliphatic carbocycles. The number of hydrogen-bond acceptors (Lipinski definition) is 4. The fraction of sp³-hybridized carbons (Fsp3) is 0.429. The van der Waals surface area contributed by atoms with Crippen molar-refractivity contribution in [2.75, 3.05) is 13.1 Å². The minimum atomic E-state index is 0.285. The maximum atomic E-state index is 9.75. The first-order valence-corrected chi connectivity index (χ1v) is 6.56. The van der Waals surface area contributed by atoms with Crippen molar-refractivity contribution in [3.05, 3.63) is 42.0 Å². The summed E-state index contributed by atoms with van der Waals surface area (Å²) in [5.41, 5.74) is 2.06. The maximum Gasteiger partial charge on any atom is 0.138 e. The lowest BCUT2D eigenvalue weighted by Gasteiger charge is -2.15. The van der Waals surface area contributed by atoms with Crippen LogP contribution in [0, 0.1) is 0 Å². The summed E-state index contributed by atoms with van der Waals surface area (Å²) in [7, 11) is 1.95. The van der Waals surface area contributed by atoms with Crippen molar-refractivity contribution >= 4 is 0 Å². The van der Waals surface area contributed by atoms with E-state index < -0.39 is 0 Å². The third-order valence-electron chi connectivity index (χ3n) is 3.71. The smallest absolute Gasteiger partial charge is 0.138 e. The third-order valence-corrected chi connectivity index (χ3v) is 3.71. The standard InChI is InChI=1S/C14H18N4O/c1-17-8-12(7-16-17)11-4-6-18(9-11)10-13-14(19)3-2-5-15-13/h2-3,5,7-8,11,19H,4,6,9-10H2,1H3. The molecule has 1 fully saturated rings. The van der Waals surface area contributed by atoms with Gasteiger partial charge in [-0.15, -0.1) is 0 Å². The molecule has 3 heterocycles. The van der Waals surface area contributed by atoms with E-state index in [1.54, 1.807) is 18.3 Å². The van der Waals surface area contributed by atoms with E-state index in [0.717, 1.165) is 25.2 Å². The van der Waals surface area contributed by atoms with Crippen molar-refractivity contribution in [2.45, 2.75) is 18.9 Å². The van der Waals surface area contributed by atoms with Gasteiger partial charge in [0.1, 0.15) is 5.75 Å². The van der Waals surface area contributed by atoms with Crippen LogP contribution in [0.25, 0.3) is 0 Å². The van der Waals surface area contributed by atoms with Gasteiger partial charge in [0.2, 0.25) is 0 Å². The molecule has 100 valence electrons. The van der Waals surface area contributed by atoms with E-state index in [4.69, 9.17) is 0 Å². The predicted molar refractivity (Wildman–Crippen MR) is 71.7 cm³/mol. The molecule has 2 aromatic heterocycles. The van der Waals surface area contributed by atoms with E-state index >= 15 is 0 Å². The number of aryl methyl sites for hydroxylation is 1. The van der Waals surface area contributed by atoms with Gasteiger partial charge in [-0.25, -0.2) is 0 Å². The van der Waals surface area contributed by atoms with Crippen LogP contribution in [0.3, 0.4) is 0 Å². The van der Waals surface area contributed by atoms with Crippen LogP contribution >= 0.6 is 0 Å². The van der Waals surface area contributed by atoms with Crippen LogP contribution in [-0.4, -0.2) is 37.9 Å². The highest BCUT2D eigenvalue weighted by molar-refractivity contribution is 5.25. The highest BCUT2D eigenvalue weighted by Gasteiger charge is 2.25. The first-order valence-electron chi connectivity index (χ1n) is 6.56. The summed E-state index contributed by atoms with van der Waals surface area (Å²) in [5, 5.41) is 14.0. The molecule has 19 heavy (non-hydrogen) atoms. The minimum Gasteiger partial charge on any atom is -0.506 e. The first-order chi connectivity index (χ1) is 9.22. The molecule has 0 aromatic carbocycles. The van der Waals surface area contributed by atoms with Gasteiger partial charge in [-0.3, -0.25) is 14.6 Å². The molecular weight excluding hydrogens is 240 g/mol. The lowest BCUT2D eigenvalue weighted by molar-refractivity contribution is 0.315. The molecule has 0 saturated carbocycles. The van der Waals surface area contributed by atoms with Gasteiger partial charge >= 0.3 is 0 Å². The van der Waals surface area contributed by atoms with Gasteiger partial charge in [-0.1, -0.05) is 0 Å². The van der Waals surface area contributed by atoms with Crippen LogP contribution in [0.2, 0.25) is 0 Å². The van der Waals surface area contributed by atoms with Gasteiger partial charge in [-0.2, -0.15) is 5.10 Å². The zero-order valence-corrected chi connectivity index (χ0v) is 11.0. The van der Waals surface area contributed by atoms with Crippen molar-refractivity contribution in [1.82, 2.24) is 19.7 Å². The van der Waals surface area contributed by atoms with E-state index in [-0.39, 0.29) is 5.75 Å². The molecule has 3 rings (SSSR count). The second kappa shape index (κ2) is 5.01. The van der Waals surface area contributed by atoms with Crippen LogP contribution < -0.4 is 0 Å². The van der Waals surface area contributed by atoms with Crippen LogP contribution in [-0.2, 0) is 13.6 Å². The Labute approximate surface area is 112 Å². The number of rotatable bonds is 3. The quantitative estimate of drug-likeness (QED) is 0.906. The Balaban J connectivity index is 1.65. The maximum absolute atomic E-state index is 9.75. The summed E-state index contributed by atoms with van der Waals surface area (Å²) in [6.07, 6.45) is 6.90. The molecule has 5 nitrogen and oxygen atoms in total. The molecular formula is C14H18N4O. The molecule has 5 heteroatoms. The van der Waals surface area contributed by atoms with Crippen LogP contribution in [0.5, 0.6) is 5.75 Å². The van der Waals surface area contributed by atoms with Gasteiger partial charge in [0.25, 0.3) is 0 Å². The highest BCUT2D eigenvalue weighted by Crippen LogP contribution is 2.28. The summed E-state index contributed by atoms with van der Waals surface area (Å²) >= 11 is 0. The molecule has 1 saturated heterocycles. The Morgan fingerprint density at radius 2 is 2.37 bits per heavy atom. The normalized spacial score (nSPS) is 19.9. The van der Waals surface area contributed by atoms with Crippen LogP contribution in [0.15, 0.2) is 30.7 Å². The molecule has 0 amide bonds. The molecule has 2 aromatic rings. The Morgan fingerprint density at radius 1 is 1.47 bits per heavy atom. The van der Waals surface area contributed by atoms with Gasteiger partial charge in [-0.05, 0) is 30.7 Å². The number of nitrogens with zero attached hydrogens (tertiary/aromatic N) is 4. The Bertz CT molecular complexity index is 566. The van der Waals surface area contributed by atoms with Crippen LogP contribution in [0.1, 0.15) is 23.6 Å². The SMILES string of the molecule is Cn1cc(C2CCN(Cc3ncccc3O)C2)cn1. The highest BCUT2D eigenvalue weighted by atomic mass is 16.3. The summed E-state index contributed by atoms with van der Waals surface area (Å²) < 4.78 is 1.85. The number of aromatic nitrogens is 3. The van der Waals surface area contributed by atoms with Crippen molar-refractivity contribution in [2.24, 2.45) is 7.05 Å². The second-order valence-corrected chi connectivity index (χ2v) is 5.14. The van der Waals surface area contributed by atoms with Crippen molar-refractivity contribution in [3.63, 3.8) is 0 Å². The van der Waals surface area contributed by atoms with Crippen LogP contribution in [0.4, 0.5) is 0 Å². The lowest BCUT2D eigenvalue weighted by Crippen LogP contribution is -2.20. The molecule has 1 unspecified atom stereocenters. The lowest BCUT2D eigenvalue weighted by atomic mass is 10.0. The van der Waals surface area contributed by atoms with Gasteiger partial charge in [0.15, 0.2) is 0 Å². The zero-order valence-electron chi connectivity index (χ0n) is 11.0. The Hall–Kier alpha value is -1.88. The summed E-state index contributed by atoms with van der Waals surface area (Å²) in [6.45, 7) is 2.75. The summed E-state index contributed by atoms with van der Waals surface area (Å²) in [4.78, 5) is 6.57. The predicted octanol–water partition coefficient (Wildman–Crippen LogP) is 1.51. The van der Waals surface area contributed by atoms with E-state index in [1.807, 2.05) is 17.9 Å². The molecule has 1 aliphatic heterocycles. The summed E-state index contributed by atoms with van der Waals surface area (Å²) in [6, 6.07) is 3.44. The fourth-order valence-corrected chi connectivity index (χ4v) is 2.66. The van der Waals surface area contributed by atoms with Crippen molar-refractivity contribution in [3.8, 4) is 5.75 Å². The number of hydrogen-bond donors (Lipinski definition) is 1. The van der Waals surface area contributed by atoms with Gasteiger partial charge in [0.05, 0.1) is 11.9 Å². The van der Waals surface area contributed by atoms with Crippen molar-refractivity contribution in [1.29, 1.82) is 0 Å². The first kappa shape index (κ1) is 12.2. The summed E-state index contributed by atoms with van der Waals surface area (Å²) in [5.74, 6) is 0.826.